The molecule has 2 aromatic heterocycles. The van der Waals surface area contributed by atoms with E-state index in [4.69, 9.17) is 15.0 Å². The van der Waals surface area contributed by atoms with E-state index in [0.29, 0.717) is 56.9 Å². The number of hydrogen-bond acceptors (Lipinski definition) is 7. The summed E-state index contributed by atoms with van der Waals surface area (Å²) in [5, 5.41) is 4.26. The van der Waals surface area contributed by atoms with Crippen LogP contribution in [-0.4, -0.2) is 83.7 Å². The average Bonchev–Trinajstić information content (AvgIpc) is 3.27. The molecule has 1 N–H and O–H groups in total. The highest BCUT2D eigenvalue weighted by molar-refractivity contribution is 5.95. The Labute approximate surface area is 233 Å². The normalized spacial score (nSPS) is 20.8. The highest BCUT2D eigenvalue weighted by Crippen LogP contribution is 2.42. The summed E-state index contributed by atoms with van der Waals surface area (Å²) in [7, 11) is 0. The van der Waals surface area contributed by atoms with Crippen molar-refractivity contribution in [2.45, 2.75) is 64.7 Å². The minimum atomic E-state index is -2.80. The second kappa shape index (κ2) is 10.8. The lowest BCUT2D eigenvalue weighted by Crippen LogP contribution is -2.60. The number of piperazine rings is 1. The van der Waals surface area contributed by atoms with E-state index in [1.807, 2.05) is 0 Å². The molecule has 1 atom stereocenters. The van der Waals surface area contributed by atoms with Gasteiger partial charge < -0.3 is 15.1 Å². The van der Waals surface area contributed by atoms with Crippen molar-refractivity contribution >= 4 is 22.7 Å². The zero-order valence-corrected chi connectivity index (χ0v) is 23.6. The van der Waals surface area contributed by atoms with Crippen LogP contribution >= 0.6 is 0 Å². The molecule has 0 saturated carbocycles. The van der Waals surface area contributed by atoms with Crippen molar-refractivity contribution in [3.05, 3.63) is 41.1 Å². The molecule has 214 valence electrons. The number of likely N-dealkylation sites (N-methyl/N-ethyl adjacent to an activating group) is 1. The van der Waals surface area contributed by atoms with E-state index in [0.717, 1.165) is 58.1 Å². The number of nitrogens with zero attached hydrogens (tertiary/aromatic N) is 6. The molecule has 2 aliphatic heterocycles. The topological polar surface area (TPSA) is 60.4 Å². The summed E-state index contributed by atoms with van der Waals surface area (Å²) < 4.78 is 43.8. The van der Waals surface area contributed by atoms with E-state index < -0.39 is 12.6 Å². The van der Waals surface area contributed by atoms with Gasteiger partial charge in [0.25, 0.3) is 5.92 Å². The summed E-state index contributed by atoms with van der Waals surface area (Å²) in [5.74, 6) is -1.44. The number of hydrogen-bond donors (Lipinski definition) is 1. The number of benzene rings is 1. The smallest absolute Gasteiger partial charge is 0.256 e. The molecule has 6 rings (SSSR count). The van der Waals surface area contributed by atoms with Crippen molar-refractivity contribution in [3.8, 4) is 11.3 Å². The number of alkyl halides is 3. The SMILES string of the molecule is CCC1CN(c2nc(N3CC(N(CC)CC)C3)nc3c(CF)c(-c4cccc5c4CC(F)(F)C5)ncc23)CCN1. The van der Waals surface area contributed by atoms with Gasteiger partial charge in [0.15, 0.2) is 0 Å². The quantitative estimate of drug-likeness (QED) is 0.437. The van der Waals surface area contributed by atoms with Crippen molar-refractivity contribution in [1.29, 1.82) is 0 Å². The Kier molecular flexibility index (Phi) is 7.33. The average molecular weight is 554 g/mol. The maximum atomic E-state index is 15.0. The molecule has 2 fully saturated rings. The maximum absolute atomic E-state index is 15.0. The molecular weight excluding hydrogens is 515 g/mol. The van der Waals surface area contributed by atoms with Crippen molar-refractivity contribution in [1.82, 2.24) is 25.2 Å². The second-order valence-electron chi connectivity index (χ2n) is 11.3. The summed E-state index contributed by atoms with van der Waals surface area (Å²) in [4.78, 5) is 21.5. The number of pyridine rings is 1. The third-order valence-electron chi connectivity index (χ3n) is 8.88. The number of rotatable bonds is 8. The molecule has 1 aromatic carbocycles. The van der Waals surface area contributed by atoms with E-state index in [1.54, 1.807) is 24.4 Å². The molecule has 1 unspecified atom stereocenters. The van der Waals surface area contributed by atoms with Gasteiger partial charge in [0.1, 0.15) is 12.5 Å². The molecule has 0 spiro atoms. The molecule has 0 bridgehead atoms. The minimum Gasteiger partial charge on any atom is -0.353 e. The number of anilines is 2. The van der Waals surface area contributed by atoms with Gasteiger partial charge in [-0.25, -0.2) is 18.2 Å². The Morgan fingerprint density at radius 1 is 1.05 bits per heavy atom. The Bertz CT molecular complexity index is 1390. The van der Waals surface area contributed by atoms with E-state index in [1.165, 1.54) is 0 Å². The predicted molar refractivity (Wildman–Crippen MR) is 153 cm³/mol. The van der Waals surface area contributed by atoms with Crippen LogP contribution in [0.25, 0.3) is 22.2 Å². The standard InChI is InChI=1S/C30H38F3N7/c1-4-20-16-39(11-10-34-20)28-25-15-35-26(22-9-7-8-19-12-30(32,33)13-23(19)22)24(14-31)27(25)36-29(37-28)40-17-21(18-40)38(5-2)6-3/h7-9,15,20-21,34H,4-6,10-14,16-18H2,1-3H3. The number of nitrogens with one attached hydrogen (secondary N) is 1. The summed E-state index contributed by atoms with van der Waals surface area (Å²) in [6, 6.07) is 6.05. The second-order valence-corrected chi connectivity index (χ2v) is 11.3. The lowest BCUT2D eigenvalue weighted by molar-refractivity contribution is 0.0131. The number of aromatic nitrogens is 3. The summed E-state index contributed by atoms with van der Waals surface area (Å²) >= 11 is 0. The molecule has 40 heavy (non-hydrogen) atoms. The van der Waals surface area contributed by atoms with E-state index in [2.05, 4.69) is 40.8 Å². The highest BCUT2D eigenvalue weighted by atomic mass is 19.3. The van der Waals surface area contributed by atoms with Gasteiger partial charge in [0.2, 0.25) is 5.95 Å². The van der Waals surface area contributed by atoms with Gasteiger partial charge in [-0.1, -0.05) is 39.0 Å². The van der Waals surface area contributed by atoms with Gasteiger partial charge in [-0.3, -0.25) is 9.88 Å². The first-order valence-corrected chi connectivity index (χ1v) is 14.6. The van der Waals surface area contributed by atoms with Gasteiger partial charge in [-0.05, 0) is 30.6 Å². The molecule has 4 heterocycles. The van der Waals surface area contributed by atoms with Crippen LogP contribution in [0.1, 0.15) is 43.9 Å². The maximum Gasteiger partial charge on any atom is 0.256 e. The van der Waals surface area contributed by atoms with Crippen LogP contribution in [0, 0.1) is 0 Å². The molecule has 1 aliphatic carbocycles. The lowest BCUT2D eigenvalue weighted by atomic mass is 9.96. The summed E-state index contributed by atoms with van der Waals surface area (Å²) in [5.41, 5.74) is 3.00. The molecule has 10 heteroatoms. The first kappa shape index (κ1) is 27.2. The highest BCUT2D eigenvalue weighted by Gasteiger charge is 2.39. The molecule has 3 aliphatic rings. The lowest BCUT2D eigenvalue weighted by Gasteiger charge is -2.45. The monoisotopic (exact) mass is 553 g/mol. The van der Waals surface area contributed by atoms with Gasteiger partial charge >= 0.3 is 0 Å². The van der Waals surface area contributed by atoms with E-state index in [-0.39, 0.29) is 12.8 Å². The van der Waals surface area contributed by atoms with Gasteiger partial charge in [0, 0.05) is 75.0 Å². The Morgan fingerprint density at radius 2 is 1.85 bits per heavy atom. The predicted octanol–water partition coefficient (Wildman–Crippen LogP) is 4.61. The van der Waals surface area contributed by atoms with Gasteiger partial charge in [0.05, 0.1) is 16.6 Å². The number of fused-ring (bicyclic) bond motifs is 2. The third-order valence-corrected chi connectivity index (χ3v) is 8.88. The fraction of sp³-hybridized carbons (Fsp3) is 0.567. The van der Waals surface area contributed by atoms with Crippen LogP contribution in [0.2, 0.25) is 0 Å². The van der Waals surface area contributed by atoms with Crippen molar-refractivity contribution in [3.63, 3.8) is 0 Å². The largest absolute Gasteiger partial charge is 0.353 e. The van der Waals surface area contributed by atoms with Crippen LogP contribution in [-0.2, 0) is 19.5 Å². The Balaban J connectivity index is 1.47. The molecule has 3 aromatic rings. The Hall–Kier alpha value is -2.98. The van der Waals surface area contributed by atoms with Crippen molar-refractivity contribution in [2.24, 2.45) is 0 Å². The molecule has 2 saturated heterocycles. The van der Waals surface area contributed by atoms with Crippen LogP contribution in [0.3, 0.4) is 0 Å². The fourth-order valence-corrected chi connectivity index (χ4v) is 6.57. The van der Waals surface area contributed by atoms with Gasteiger partial charge in [-0.2, -0.15) is 4.98 Å². The zero-order chi connectivity index (χ0) is 28.0. The zero-order valence-electron chi connectivity index (χ0n) is 23.6. The van der Waals surface area contributed by atoms with Crippen LogP contribution in [0.5, 0.6) is 0 Å². The first-order valence-electron chi connectivity index (χ1n) is 14.6. The summed E-state index contributed by atoms with van der Waals surface area (Å²) in [6.45, 7) is 11.7. The fourth-order valence-electron chi connectivity index (χ4n) is 6.57. The van der Waals surface area contributed by atoms with E-state index >= 15 is 0 Å². The van der Waals surface area contributed by atoms with Crippen molar-refractivity contribution < 1.29 is 13.2 Å². The Morgan fingerprint density at radius 3 is 2.58 bits per heavy atom. The van der Waals surface area contributed by atoms with Crippen LogP contribution < -0.4 is 15.1 Å². The molecular formula is C30H38F3N7. The van der Waals surface area contributed by atoms with Crippen molar-refractivity contribution in [2.75, 3.05) is 55.6 Å². The summed E-state index contributed by atoms with van der Waals surface area (Å²) in [6.07, 6.45) is 2.05. The van der Waals surface area contributed by atoms with Gasteiger partial charge in [-0.15, -0.1) is 0 Å². The first-order chi connectivity index (χ1) is 19.4. The minimum absolute atomic E-state index is 0.296. The molecule has 0 radical (unpaired) electrons. The number of halogens is 3. The van der Waals surface area contributed by atoms with Crippen LogP contribution in [0.4, 0.5) is 24.9 Å². The third kappa shape index (κ3) is 4.79. The van der Waals surface area contributed by atoms with Crippen LogP contribution in [0.15, 0.2) is 24.4 Å². The van der Waals surface area contributed by atoms with E-state index in [9.17, 15) is 13.2 Å². The molecule has 7 nitrogen and oxygen atoms in total. The molecule has 0 amide bonds.